The molecular formula is C20H17N5O3. The molecule has 0 aliphatic heterocycles. The molecule has 0 spiro atoms. The van der Waals surface area contributed by atoms with E-state index in [4.69, 9.17) is 0 Å². The Morgan fingerprint density at radius 1 is 1.14 bits per heavy atom. The zero-order valence-electron chi connectivity index (χ0n) is 14.7. The maximum atomic E-state index is 12.7. The van der Waals surface area contributed by atoms with Gasteiger partial charge in [0.15, 0.2) is 0 Å². The van der Waals surface area contributed by atoms with Crippen molar-refractivity contribution in [3.05, 3.63) is 66.5 Å². The van der Waals surface area contributed by atoms with E-state index < -0.39 is 24.5 Å². The number of carbonyl (C=O) groups excluding carboxylic acids is 2. The number of nitrogens with zero attached hydrogens (tertiary/aromatic N) is 2. The van der Waals surface area contributed by atoms with Gasteiger partial charge in [-0.15, -0.1) is 0 Å². The third-order valence-electron chi connectivity index (χ3n) is 4.41. The summed E-state index contributed by atoms with van der Waals surface area (Å²) in [6, 6.07) is 13.0. The summed E-state index contributed by atoms with van der Waals surface area (Å²) in [7, 11) is 0. The number of carbonyl (C=O) groups is 2. The third kappa shape index (κ3) is 3.40. The summed E-state index contributed by atoms with van der Waals surface area (Å²) >= 11 is 0. The van der Waals surface area contributed by atoms with Gasteiger partial charge in [-0.3, -0.25) is 19.7 Å². The number of hydrogen-bond acceptors (Lipinski definition) is 5. The van der Waals surface area contributed by atoms with Gasteiger partial charge in [0.1, 0.15) is 6.04 Å². The van der Waals surface area contributed by atoms with Crippen LogP contribution in [0.1, 0.15) is 10.4 Å². The van der Waals surface area contributed by atoms with Gasteiger partial charge in [-0.2, -0.15) is 5.10 Å². The van der Waals surface area contributed by atoms with E-state index in [1.165, 1.54) is 6.20 Å². The SMILES string of the molecule is O=C(N[C@@H](CO)C(=O)Nc1ccc2cn[nH]c2c1)c1ccnc2ccccc12. The molecule has 0 bridgehead atoms. The highest BCUT2D eigenvalue weighted by Gasteiger charge is 2.22. The highest BCUT2D eigenvalue weighted by molar-refractivity contribution is 6.08. The zero-order valence-corrected chi connectivity index (χ0v) is 14.7. The monoisotopic (exact) mass is 375 g/mol. The van der Waals surface area contributed by atoms with Crippen LogP contribution in [0.4, 0.5) is 5.69 Å². The Kier molecular flexibility index (Phi) is 4.69. The van der Waals surface area contributed by atoms with E-state index in [1.54, 1.807) is 36.5 Å². The number of nitrogens with one attached hydrogen (secondary N) is 3. The van der Waals surface area contributed by atoms with Crippen molar-refractivity contribution in [1.82, 2.24) is 20.5 Å². The van der Waals surface area contributed by atoms with E-state index in [2.05, 4.69) is 25.8 Å². The number of anilines is 1. The summed E-state index contributed by atoms with van der Waals surface area (Å²) in [5.74, 6) is -0.982. The average molecular weight is 375 g/mol. The standard InChI is InChI=1S/C20H17N5O3/c26-11-18(20(28)23-13-6-5-12-10-22-25-17(12)9-13)24-19(27)15-7-8-21-16-4-2-1-3-14(15)16/h1-10,18,26H,11H2,(H,22,25)(H,23,28)(H,24,27)/t18-/m0/s1. The second kappa shape index (κ2) is 7.45. The number of aliphatic hydroxyl groups excluding tert-OH is 1. The van der Waals surface area contributed by atoms with Crippen LogP contribution in [0.3, 0.4) is 0 Å². The fourth-order valence-electron chi connectivity index (χ4n) is 2.97. The Hall–Kier alpha value is -3.78. The first kappa shape index (κ1) is 17.6. The van der Waals surface area contributed by atoms with Crippen LogP contribution in [0, 0.1) is 0 Å². The molecule has 4 aromatic rings. The number of rotatable bonds is 5. The fourth-order valence-corrected chi connectivity index (χ4v) is 2.97. The van der Waals surface area contributed by atoms with Gasteiger partial charge in [-0.1, -0.05) is 18.2 Å². The number of H-pyrrole nitrogens is 1. The fraction of sp³-hybridized carbons (Fsp3) is 0.100. The summed E-state index contributed by atoms with van der Waals surface area (Å²) < 4.78 is 0. The summed E-state index contributed by atoms with van der Waals surface area (Å²) in [5.41, 5.74) is 2.36. The lowest BCUT2D eigenvalue weighted by Gasteiger charge is -2.17. The van der Waals surface area contributed by atoms with E-state index in [-0.39, 0.29) is 0 Å². The van der Waals surface area contributed by atoms with Gasteiger partial charge < -0.3 is 15.7 Å². The van der Waals surface area contributed by atoms with Gasteiger partial charge in [-0.25, -0.2) is 0 Å². The lowest BCUT2D eigenvalue weighted by Crippen LogP contribution is -2.46. The molecule has 0 radical (unpaired) electrons. The minimum atomic E-state index is -1.10. The predicted molar refractivity (Wildman–Crippen MR) is 105 cm³/mol. The molecule has 0 saturated heterocycles. The van der Waals surface area contributed by atoms with Gasteiger partial charge in [0.25, 0.3) is 5.91 Å². The number of fused-ring (bicyclic) bond motifs is 2. The molecule has 2 aromatic heterocycles. The van der Waals surface area contributed by atoms with Crippen molar-refractivity contribution in [3.63, 3.8) is 0 Å². The molecular weight excluding hydrogens is 358 g/mol. The quantitative estimate of drug-likeness (QED) is 0.424. The Labute approximate surface area is 159 Å². The summed E-state index contributed by atoms with van der Waals surface area (Å²) in [5, 5.41) is 23.2. The summed E-state index contributed by atoms with van der Waals surface area (Å²) in [6.45, 7) is -0.535. The summed E-state index contributed by atoms with van der Waals surface area (Å²) in [6.07, 6.45) is 3.21. The third-order valence-corrected chi connectivity index (χ3v) is 4.41. The smallest absolute Gasteiger partial charge is 0.252 e. The van der Waals surface area contributed by atoms with Crippen molar-refractivity contribution in [3.8, 4) is 0 Å². The Morgan fingerprint density at radius 3 is 2.86 bits per heavy atom. The number of aromatic amines is 1. The average Bonchev–Trinajstić information content (AvgIpc) is 3.19. The molecule has 0 aliphatic rings. The molecule has 0 unspecified atom stereocenters. The van der Waals surface area contributed by atoms with E-state index in [9.17, 15) is 14.7 Å². The van der Waals surface area contributed by atoms with Crippen LogP contribution in [0.5, 0.6) is 0 Å². The molecule has 0 fully saturated rings. The molecule has 8 heteroatoms. The largest absolute Gasteiger partial charge is 0.394 e. The molecule has 0 aliphatic carbocycles. The van der Waals surface area contributed by atoms with Crippen LogP contribution < -0.4 is 10.6 Å². The lowest BCUT2D eigenvalue weighted by atomic mass is 10.1. The number of aliphatic hydroxyl groups is 1. The van der Waals surface area contributed by atoms with Crippen LogP contribution in [0.25, 0.3) is 21.8 Å². The van der Waals surface area contributed by atoms with Crippen LogP contribution in [-0.4, -0.2) is 44.8 Å². The molecule has 1 atom stereocenters. The molecule has 4 N–H and O–H groups in total. The molecule has 28 heavy (non-hydrogen) atoms. The van der Waals surface area contributed by atoms with Crippen molar-refractivity contribution in [2.75, 3.05) is 11.9 Å². The van der Waals surface area contributed by atoms with Crippen LogP contribution in [0.15, 0.2) is 60.9 Å². The molecule has 4 rings (SSSR count). The topological polar surface area (TPSA) is 120 Å². The Balaban J connectivity index is 1.51. The first-order valence-electron chi connectivity index (χ1n) is 8.65. The zero-order chi connectivity index (χ0) is 19.5. The van der Waals surface area contributed by atoms with Crippen LogP contribution >= 0.6 is 0 Å². The molecule has 0 saturated carbocycles. The van der Waals surface area contributed by atoms with Crippen LogP contribution in [-0.2, 0) is 4.79 Å². The maximum absolute atomic E-state index is 12.7. The highest BCUT2D eigenvalue weighted by atomic mass is 16.3. The van der Waals surface area contributed by atoms with Crippen molar-refractivity contribution in [2.24, 2.45) is 0 Å². The van der Waals surface area contributed by atoms with E-state index in [0.29, 0.717) is 22.2 Å². The molecule has 2 amide bonds. The molecule has 140 valence electrons. The van der Waals surface area contributed by atoms with Gasteiger partial charge in [0.05, 0.1) is 29.4 Å². The second-order valence-electron chi connectivity index (χ2n) is 6.25. The number of pyridine rings is 1. The van der Waals surface area contributed by atoms with Gasteiger partial charge in [0, 0.05) is 22.7 Å². The van der Waals surface area contributed by atoms with Crippen molar-refractivity contribution in [1.29, 1.82) is 0 Å². The number of aromatic nitrogens is 3. The minimum absolute atomic E-state index is 0.385. The van der Waals surface area contributed by atoms with Crippen molar-refractivity contribution < 1.29 is 14.7 Å². The lowest BCUT2D eigenvalue weighted by molar-refractivity contribution is -0.118. The maximum Gasteiger partial charge on any atom is 0.252 e. The minimum Gasteiger partial charge on any atom is -0.394 e. The number of para-hydroxylation sites is 1. The van der Waals surface area contributed by atoms with E-state index in [0.717, 1.165) is 10.9 Å². The summed E-state index contributed by atoms with van der Waals surface area (Å²) in [4.78, 5) is 29.4. The normalized spacial score (nSPS) is 12.0. The highest BCUT2D eigenvalue weighted by Crippen LogP contribution is 2.18. The number of benzene rings is 2. The van der Waals surface area contributed by atoms with Crippen molar-refractivity contribution in [2.45, 2.75) is 6.04 Å². The van der Waals surface area contributed by atoms with Gasteiger partial charge >= 0.3 is 0 Å². The number of hydrogen-bond donors (Lipinski definition) is 4. The van der Waals surface area contributed by atoms with Gasteiger partial charge in [-0.05, 0) is 30.3 Å². The Morgan fingerprint density at radius 2 is 2.00 bits per heavy atom. The molecule has 2 aromatic carbocycles. The predicted octanol–water partition coefficient (Wildman–Crippen LogP) is 1.84. The van der Waals surface area contributed by atoms with Crippen molar-refractivity contribution >= 4 is 39.3 Å². The Bertz CT molecular complexity index is 1170. The number of amides is 2. The van der Waals surface area contributed by atoms with E-state index >= 15 is 0 Å². The van der Waals surface area contributed by atoms with Gasteiger partial charge in [0.2, 0.25) is 5.91 Å². The second-order valence-corrected chi connectivity index (χ2v) is 6.25. The first-order chi connectivity index (χ1) is 13.7. The van der Waals surface area contributed by atoms with Crippen LogP contribution in [0.2, 0.25) is 0 Å². The molecule has 2 heterocycles. The molecule has 8 nitrogen and oxygen atoms in total. The first-order valence-corrected chi connectivity index (χ1v) is 8.65. The van der Waals surface area contributed by atoms with E-state index in [1.807, 2.05) is 18.2 Å².